The lowest BCUT2D eigenvalue weighted by Crippen LogP contribution is -2.43. The van der Waals surface area contributed by atoms with Crippen molar-refractivity contribution >= 4 is 11.7 Å². The first-order valence-corrected chi connectivity index (χ1v) is 16.5. The molecule has 1 aliphatic carbocycles. The number of rotatable bonds is 5. The molecule has 0 bridgehead atoms. The lowest BCUT2D eigenvalue weighted by molar-refractivity contribution is -0.0731. The van der Waals surface area contributed by atoms with Crippen molar-refractivity contribution in [3.8, 4) is 11.8 Å². The molecule has 1 spiro atoms. The standard InChI is InChI=1S/C34H43N7O4/c1-22-16-33(9-4-12-40(33)18-22)21-44-32-35-29-17-34(10-8-23-6-7-25(42)15-27(23)34)45-20-26(29)30(36-32)39-11-5-13-41-24(19-39)14-28(37-41)31(43)38(2)3/h6-7,14-15,22,42H,4-5,8-13,16-21H2,1-3H3/t22-,33+,34?/m1/s1. The third-order valence-corrected chi connectivity index (χ3v) is 10.8. The highest BCUT2D eigenvalue weighted by molar-refractivity contribution is 5.92. The number of nitrogens with zero attached hydrogens (tertiary/aromatic N) is 7. The molecular formula is C34H43N7O4. The van der Waals surface area contributed by atoms with Gasteiger partial charge in [-0.15, -0.1) is 0 Å². The van der Waals surface area contributed by atoms with Crippen LogP contribution in [0.2, 0.25) is 0 Å². The highest BCUT2D eigenvalue weighted by Gasteiger charge is 2.48. The van der Waals surface area contributed by atoms with Gasteiger partial charge in [0, 0.05) is 45.7 Å². The molecule has 0 radical (unpaired) electrons. The summed E-state index contributed by atoms with van der Waals surface area (Å²) in [4.78, 5) is 29.4. The quantitative estimate of drug-likeness (QED) is 0.461. The van der Waals surface area contributed by atoms with Gasteiger partial charge in [-0.3, -0.25) is 14.4 Å². The number of hydrogen-bond donors (Lipinski definition) is 1. The molecule has 11 heteroatoms. The van der Waals surface area contributed by atoms with Gasteiger partial charge in [-0.25, -0.2) is 0 Å². The summed E-state index contributed by atoms with van der Waals surface area (Å²) in [5.74, 6) is 1.67. The minimum Gasteiger partial charge on any atom is -0.508 e. The number of phenols is 1. The van der Waals surface area contributed by atoms with Crippen molar-refractivity contribution in [2.75, 3.05) is 45.2 Å². The molecule has 238 valence electrons. The number of aromatic nitrogens is 4. The number of carbonyl (C=O) groups is 1. The lowest BCUT2D eigenvalue weighted by Gasteiger charge is -2.37. The van der Waals surface area contributed by atoms with Gasteiger partial charge in [0.15, 0.2) is 5.69 Å². The molecule has 4 aliphatic heterocycles. The number of aryl methyl sites for hydroxylation is 2. The van der Waals surface area contributed by atoms with Crippen molar-refractivity contribution < 1.29 is 19.4 Å². The van der Waals surface area contributed by atoms with E-state index in [1.807, 2.05) is 22.9 Å². The summed E-state index contributed by atoms with van der Waals surface area (Å²) in [5.41, 5.74) is 5.23. The molecule has 5 aliphatic rings. The van der Waals surface area contributed by atoms with E-state index in [-0.39, 0.29) is 17.2 Å². The highest BCUT2D eigenvalue weighted by Crippen LogP contribution is 2.48. The number of anilines is 1. The second kappa shape index (κ2) is 10.7. The summed E-state index contributed by atoms with van der Waals surface area (Å²) in [6.45, 7) is 7.69. The molecule has 1 amide bonds. The summed E-state index contributed by atoms with van der Waals surface area (Å²) in [6, 6.07) is 7.98. The van der Waals surface area contributed by atoms with Gasteiger partial charge >= 0.3 is 6.01 Å². The fourth-order valence-electron chi connectivity index (χ4n) is 8.66. The van der Waals surface area contributed by atoms with Crippen LogP contribution in [0.15, 0.2) is 24.3 Å². The molecule has 3 atom stereocenters. The van der Waals surface area contributed by atoms with Gasteiger partial charge in [0.2, 0.25) is 0 Å². The predicted molar refractivity (Wildman–Crippen MR) is 167 cm³/mol. The smallest absolute Gasteiger partial charge is 0.318 e. The van der Waals surface area contributed by atoms with E-state index in [1.165, 1.54) is 12.0 Å². The minimum atomic E-state index is -0.523. The molecule has 6 heterocycles. The Morgan fingerprint density at radius 3 is 2.91 bits per heavy atom. The number of aromatic hydroxyl groups is 1. The van der Waals surface area contributed by atoms with Crippen LogP contribution in [0, 0.1) is 5.92 Å². The summed E-state index contributed by atoms with van der Waals surface area (Å²) in [7, 11) is 3.50. The molecule has 11 nitrogen and oxygen atoms in total. The zero-order chi connectivity index (χ0) is 30.9. The van der Waals surface area contributed by atoms with Crippen molar-refractivity contribution in [3.05, 3.63) is 58.0 Å². The highest BCUT2D eigenvalue weighted by atomic mass is 16.5. The molecule has 2 fully saturated rings. The van der Waals surface area contributed by atoms with E-state index in [2.05, 4.69) is 21.8 Å². The van der Waals surface area contributed by atoms with Gasteiger partial charge in [0.1, 0.15) is 18.2 Å². The second-order valence-electron chi connectivity index (χ2n) is 14.1. The maximum absolute atomic E-state index is 12.7. The molecule has 8 rings (SSSR count). The van der Waals surface area contributed by atoms with E-state index in [9.17, 15) is 9.90 Å². The summed E-state index contributed by atoms with van der Waals surface area (Å²) >= 11 is 0. The van der Waals surface area contributed by atoms with E-state index < -0.39 is 5.60 Å². The van der Waals surface area contributed by atoms with Gasteiger partial charge < -0.3 is 24.4 Å². The van der Waals surface area contributed by atoms with Crippen LogP contribution in [0.4, 0.5) is 5.82 Å². The van der Waals surface area contributed by atoms with Crippen LogP contribution in [-0.4, -0.2) is 86.4 Å². The van der Waals surface area contributed by atoms with Gasteiger partial charge in [0.05, 0.1) is 35.7 Å². The zero-order valence-corrected chi connectivity index (χ0v) is 26.6. The second-order valence-corrected chi connectivity index (χ2v) is 14.1. The number of benzene rings is 1. The Labute approximate surface area is 264 Å². The van der Waals surface area contributed by atoms with Crippen LogP contribution in [0.3, 0.4) is 0 Å². The van der Waals surface area contributed by atoms with E-state index in [0.29, 0.717) is 43.8 Å². The summed E-state index contributed by atoms with van der Waals surface area (Å²) in [6.07, 6.45) is 6.73. The van der Waals surface area contributed by atoms with Crippen molar-refractivity contribution in [1.29, 1.82) is 0 Å². The number of phenolic OH excluding ortho intramolecular Hbond substituents is 1. The van der Waals surface area contributed by atoms with Crippen LogP contribution >= 0.6 is 0 Å². The van der Waals surface area contributed by atoms with Crippen molar-refractivity contribution in [1.82, 2.24) is 29.5 Å². The van der Waals surface area contributed by atoms with Crippen molar-refractivity contribution in [3.63, 3.8) is 0 Å². The van der Waals surface area contributed by atoms with Crippen molar-refractivity contribution in [2.24, 2.45) is 5.92 Å². The lowest BCUT2D eigenvalue weighted by atomic mass is 9.86. The monoisotopic (exact) mass is 613 g/mol. The zero-order valence-electron chi connectivity index (χ0n) is 26.6. The van der Waals surface area contributed by atoms with Crippen molar-refractivity contribution in [2.45, 2.75) is 82.7 Å². The van der Waals surface area contributed by atoms with Crippen LogP contribution in [0.1, 0.15) is 77.6 Å². The first kappa shape index (κ1) is 28.8. The average Bonchev–Trinajstić information content (AvgIpc) is 3.73. The van der Waals surface area contributed by atoms with Crippen LogP contribution in [0.5, 0.6) is 11.8 Å². The predicted octanol–water partition coefficient (Wildman–Crippen LogP) is 3.66. The summed E-state index contributed by atoms with van der Waals surface area (Å²) in [5, 5.41) is 15.0. The molecule has 0 saturated carbocycles. The molecule has 1 N–H and O–H groups in total. The third-order valence-electron chi connectivity index (χ3n) is 10.8. The van der Waals surface area contributed by atoms with Gasteiger partial charge in [-0.05, 0) is 80.3 Å². The minimum absolute atomic E-state index is 0.0651. The summed E-state index contributed by atoms with van der Waals surface area (Å²) < 4.78 is 15.3. The third kappa shape index (κ3) is 4.86. The molecule has 45 heavy (non-hydrogen) atoms. The Kier molecular flexibility index (Phi) is 6.83. The Morgan fingerprint density at radius 2 is 2.04 bits per heavy atom. The molecule has 3 aromatic rings. The number of ether oxygens (including phenoxy) is 2. The molecule has 1 unspecified atom stereocenters. The fraction of sp³-hybridized carbons (Fsp3) is 0.588. The average molecular weight is 614 g/mol. The molecule has 1 aromatic carbocycles. The Bertz CT molecular complexity index is 1660. The molecular weight excluding hydrogens is 570 g/mol. The van der Waals surface area contributed by atoms with Gasteiger partial charge in [-0.2, -0.15) is 15.1 Å². The molecule has 2 saturated heterocycles. The van der Waals surface area contributed by atoms with E-state index in [1.54, 1.807) is 25.1 Å². The Morgan fingerprint density at radius 1 is 1.16 bits per heavy atom. The van der Waals surface area contributed by atoms with E-state index in [0.717, 1.165) is 86.6 Å². The Hall–Kier alpha value is -3.70. The number of carbonyl (C=O) groups excluding carboxylic acids is 1. The maximum Gasteiger partial charge on any atom is 0.318 e. The number of hydrogen-bond acceptors (Lipinski definition) is 9. The largest absolute Gasteiger partial charge is 0.508 e. The first-order valence-electron chi connectivity index (χ1n) is 16.5. The van der Waals surface area contributed by atoms with Gasteiger partial charge in [-0.1, -0.05) is 13.0 Å². The first-order chi connectivity index (χ1) is 21.7. The number of fused-ring (bicyclic) bond motifs is 5. The van der Waals surface area contributed by atoms with E-state index in [4.69, 9.17) is 19.4 Å². The fourth-order valence-corrected chi connectivity index (χ4v) is 8.66. The van der Waals surface area contributed by atoms with Crippen LogP contribution in [0.25, 0.3) is 0 Å². The van der Waals surface area contributed by atoms with Gasteiger partial charge in [0.25, 0.3) is 5.91 Å². The normalized spacial score (nSPS) is 27.2. The topological polar surface area (TPSA) is 109 Å². The SMILES string of the molecule is C[C@H]1CN2CCC[C@@]2(COc2nc3c(c(N4CCCn5nc(C(=O)N(C)C)cc5C4)n2)COC2(CCc4ccc(O)cc42)C3)C1. The Balaban J connectivity index is 1.15. The van der Waals surface area contributed by atoms with E-state index >= 15 is 0 Å². The molecule has 2 aromatic heterocycles. The maximum atomic E-state index is 12.7. The van der Waals surface area contributed by atoms with Crippen LogP contribution < -0.4 is 9.64 Å². The number of amides is 1. The van der Waals surface area contributed by atoms with Crippen LogP contribution in [-0.2, 0) is 42.9 Å².